The molecule has 1 unspecified atom stereocenters. The lowest BCUT2D eigenvalue weighted by Crippen LogP contribution is -2.40. The van der Waals surface area contributed by atoms with Crippen molar-refractivity contribution in [3.8, 4) is 0 Å². The molecule has 2 aromatic carbocycles. The van der Waals surface area contributed by atoms with Crippen molar-refractivity contribution in [3.63, 3.8) is 0 Å². The number of carbonyl (C=O) groups is 1. The summed E-state index contributed by atoms with van der Waals surface area (Å²) in [4.78, 5) is 14.7. The van der Waals surface area contributed by atoms with Gasteiger partial charge in [0.05, 0.1) is 24.3 Å². The lowest BCUT2D eigenvalue weighted by atomic mass is 9.95. The molecule has 1 aliphatic heterocycles. The van der Waals surface area contributed by atoms with E-state index >= 15 is 0 Å². The highest BCUT2D eigenvalue weighted by molar-refractivity contribution is 5.78. The number of nitrogens with one attached hydrogen (secondary N) is 1. The number of rotatable bonds is 8. The summed E-state index contributed by atoms with van der Waals surface area (Å²) in [5.74, 6) is -1.25. The molecule has 0 aliphatic carbocycles. The van der Waals surface area contributed by atoms with E-state index in [9.17, 15) is 35.5 Å². The van der Waals surface area contributed by atoms with Gasteiger partial charge in [0.2, 0.25) is 5.91 Å². The molecule has 2 aromatic rings. The fraction of sp³-hybridized carbons (Fsp3) is 0.480. The van der Waals surface area contributed by atoms with Crippen molar-refractivity contribution in [1.82, 2.24) is 10.2 Å². The fourth-order valence-corrected chi connectivity index (χ4v) is 4.07. The highest BCUT2D eigenvalue weighted by Gasteiger charge is 2.37. The van der Waals surface area contributed by atoms with Crippen LogP contribution < -0.4 is 5.32 Å². The van der Waals surface area contributed by atoms with Crippen LogP contribution in [-0.4, -0.2) is 44.1 Å². The molecule has 0 spiro atoms. The average molecular weight is 520 g/mol. The molecular weight excluding hydrogens is 493 g/mol. The maximum absolute atomic E-state index is 13.4. The molecule has 0 radical (unpaired) electrons. The van der Waals surface area contributed by atoms with Gasteiger partial charge in [-0.3, -0.25) is 4.79 Å². The van der Waals surface area contributed by atoms with Crippen LogP contribution in [0.5, 0.6) is 0 Å². The van der Waals surface area contributed by atoms with Crippen LogP contribution in [0.4, 0.5) is 30.7 Å². The topological polar surface area (TPSA) is 41.6 Å². The highest BCUT2D eigenvalue weighted by Crippen LogP contribution is 2.36. The zero-order chi connectivity index (χ0) is 26.5. The molecule has 36 heavy (non-hydrogen) atoms. The van der Waals surface area contributed by atoms with E-state index in [-0.39, 0.29) is 36.6 Å². The van der Waals surface area contributed by atoms with E-state index in [1.54, 1.807) is 0 Å². The first-order chi connectivity index (χ1) is 16.8. The molecule has 4 nitrogen and oxygen atoms in total. The van der Waals surface area contributed by atoms with Crippen LogP contribution >= 0.6 is 0 Å². The smallest absolute Gasteiger partial charge is 0.376 e. The number of alkyl halides is 6. The largest absolute Gasteiger partial charge is 0.416 e. The van der Waals surface area contributed by atoms with Crippen molar-refractivity contribution < 1.29 is 40.3 Å². The van der Waals surface area contributed by atoms with Crippen molar-refractivity contribution in [3.05, 3.63) is 70.5 Å². The SMILES string of the molecule is CN1CCC(C(=O)NCC(COCc2cc(C(F)(F)F)cc(C(F)(F)F)c2)c2ccc(F)cc2)CC1. The zero-order valence-electron chi connectivity index (χ0n) is 19.6. The minimum atomic E-state index is -4.95. The number of amides is 1. The predicted octanol–water partition coefficient (Wildman–Crippen LogP) is 5.62. The Morgan fingerprint density at radius 3 is 2.08 bits per heavy atom. The second kappa shape index (κ2) is 11.6. The molecule has 1 atom stereocenters. The Morgan fingerprint density at radius 1 is 1.00 bits per heavy atom. The van der Waals surface area contributed by atoms with Crippen LogP contribution in [0.15, 0.2) is 42.5 Å². The summed E-state index contributed by atoms with van der Waals surface area (Å²) in [5.41, 5.74) is -2.52. The number of ether oxygens (including phenoxy) is 1. The van der Waals surface area contributed by atoms with Gasteiger partial charge in [0.15, 0.2) is 0 Å². The maximum atomic E-state index is 13.4. The Balaban J connectivity index is 1.69. The second-order valence-corrected chi connectivity index (χ2v) is 9.00. The number of benzene rings is 2. The van der Waals surface area contributed by atoms with Crippen molar-refractivity contribution in [2.75, 3.05) is 33.3 Å². The maximum Gasteiger partial charge on any atom is 0.416 e. The minimum Gasteiger partial charge on any atom is -0.376 e. The number of hydrogen-bond donors (Lipinski definition) is 1. The summed E-state index contributed by atoms with van der Waals surface area (Å²) in [5, 5.41) is 2.86. The molecular formula is C25H27F7N2O2. The van der Waals surface area contributed by atoms with Crippen molar-refractivity contribution in [1.29, 1.82) is 0 Å². The third-order valence-corrected chi connectivity index (χ3v) is 6.19. The van der Waals surface area contributed by atoms with Gasteiger partial charge < -0.3 is 15.0 Å². The summed E-state index contributed by atoms with van der Waals surface area (Å²) < 4.78 is 97.6. The molecule has 1 heterocycles. The van der Waals surface area contributed by atoms with Crippen LogP contribution in [0.2, 0.25) is 0 Å². The normalized spacial score (nSPS) is 16.7. The van der Waals surface area contributed by atoms with Gasteiger partial charge in [-0.1, -0.05) is 12.1 Å². The quantitative estimate of drug-likeness (QED) is 0.460. The molecule has 0 bridgehead atoms. The molecule has 0 saturated carbocycles. The Bertz CT molecular complexity index is 982. The van der Waals surface area contributed by atoms with Gasteiger partial charge in [0.25, 0.3) is 0 Å². The summed E-state index contributed by atoms with van der Waals surface area (Å²) in [6.45, 7) is 1.08. The lowest BCUT2D eigenvalue weighted by molar-refractivity contribution is -0.143. The molecule has 1 N–H and O–H groups in total. The lowest BCUT2D eigenvalue weighted by Gasteiger charge is -2.28. The monoisotopic (exact) mass is 520 g/mol. The fourth-order valence-electron chi connectivity index (χ4n) is 4.07. The van der Waals surface area contributed by atoms with Gasteiger partial charge in [0, 0.05) is 18.4 Å². The third-order valence-electron chi connectivity index (χ3n) is 6.19. The van der Waals surface area contributed by atoms with Crippen molar-refractivity contribution >= 4 is 5.91 Å². The van der Waals surface area contributed by atoms with Crippen molar-refractivity contribution in [2.24, 2.45) is 5.92 Å². The molecule has 198 valence electrons. The number of carbonyl (C=O) groups excluding carboxylic acids is 1. The van der Waals surface area contributed by atoms with E-state index in [2.05, 4.69) is 10.2 Å². The van der Waals surface area contributed by atoms with E-state index in [1.807, 2.05) is 7.05 Å². The van der Waals surface area contributed by atoms with Gasteiger partial charge in [0.1, 0.15) is 5.82 Å². The molecule has 1 aliphatic rings. The van der Waals surface area contributed by atoms with E-state index in [1.165, 1.54) is 24.3 Å². The van der Waals surface area contributed by atoms with Gasteiger partial charge in [-0.2, -0.15) is 26.3 Å². The molecule has 3 rings (SSSR count). The van der Waals surface area contributed by atoms with Gasteiger partial charge in [-0.05, 0) is 74.4 Å². The summed E-state index contributed by atoms with van der Waals surface area (Å²) in [7, 11) is 1.97. The summed E-state index contributed by atoms with van der Waals surface area (Å²) >= 11 is 0. The Labute approximate surface area is 204 Å². The van der Waals surface area contributed by atoms with Gasteiger partial charge in [-0.15, -0.1) is 0 Å². The van der Waals surface area contributed by atoms with E-state index in [0.717, 1.165) is 13.1 Å². The number of likely N-dealkylation sites (tertiary alicyclic amines) is 1. The van der Waals surface area contributed by atoms with E-state index < -0.39 is 41.8 Å². The second-order valence-electron chi connectivity index (χ2n) is 9.00. The van der Waals surface area contributed by atoms with Crippen LogP contribution in [0.25, 0.3) is 0 Å². The summed E-state index contributed by atoms with van der Waals surface area (Å²) in [6, 6.07) is 6.73. The summed E-state index contributed by atoms with van der Waals surface area (Å²) in [6.07, 6.45) is -8.50. The first-order valence-electron chi connectivity index (χ1n) is 11.4. The first kappa shape index (κ1) is 27.9. The number of piperidine rings is 1. The highest BCUT2D eigenvalue weighted by atomic mass is 19.4. The van der Waals surface area contributed by atoms with E-state index in [0.29, 0.717) is 30.5 Å². The molecule has 1 amide bonds. The van der Waals surface area contributed by atoms with Crippen LogP contribution in [0, 0.1) is 11.7 Å². The first-order valence-corrected chi connectivity index (χ1v) is 11.4. The van der Waals surface area contributed by atoms with Gasteiger partial charge >= 0.3 is 12.4 Å². The van der Waals surface area contributed by atoms with Crippen LogP contribution in [0.1, 0.15) is 41.0 Å². The van der Waals surface area contributed by atoms with Crippen LogP contribution in [0.3, 0.4) is 0 Å². The molecule has 1 saturated heterocycles. The van der Waals surface area contributed by atoms with E-state index in [4.69, 9.17) is 4.74 Å². The number of halogens is 7. The Kier molecular flexibility index (Phi) is 8.99. The van der Waals surface area contributed by atoms with Crippen LogP contribution in [-0.2, 0) is 28.5 Å². The van der Waals surface area contributed by atoms with Crippen molar-refractivity contribution in [2.45, 2.75) is 37.7 Å². The predicted molar refractivity (Wildman–Crippen MR) is 118 cm³/mol. The Hall–Kier alpha value is -2.66. The van der Waals surface area contributed by atoms with Gasteiger partial charge in [-0.25, -0.2) is 4.39 Å². The average Bonchev–Trinajstić information content (AvgIpc) is 2.81. The Morgan fingerprint density at radius 2 is 1.56 bits per heavy atom. The molecule has 1 fully saturated rings. The molecule has 0 aromatic heterocycles. The standard InChI is InChI=1S/C25H27F7N2O2/c1-34-8-6-18(7-9-34)23(35)33-13-19(17-2-4-22(26)5-3-17)15-36-14-16-10-20(24(27,28)29)12-21(11-16)25(30,31)32/h2-5,10-12,18-19H,6-9,13-15H2,1H3,(H,33,35). The third kappa shape index (κ3) is 7.92. The number of nitrogens with zero attached hydrogens (tertiary/aromatic N) is 1. The minimum absolute atomic E-state index is 0.0589. The number of hydrogen-bond acceptors (Lipinski definition) is 3. The molecule has 11 heteroatoms. The zero-order valence-corrected chi connectivity index (χ0v) is 19.6.